The van der Waals surface area contributed by atoms with Crippen molar-refractivity contribution >= 4 is 9.84 Å². The SMILES string of the molecule is COc1cc([C@@H](C)N)ccc1OCCS(C)(=O)=O. The molecule has 1 atom stereocenters. The van der Waals surface area contributed by atoms with Crippen LogP contribution in [0.3, 0.4) is 0 Å². The van der Waals surface area contributed by atoms with Gasteiger partial charge in [-0.25, -0.2) is 8.42 Å². The molecular weight excluding hydrogens is 254 g/mol. The molecule has 6 heteroatoms. The third kappa shape index (κ3) is 4.54. The highest BCUT2D eigenvalue weighted by Crippen LogP contribution is 2.29. The first-order valence-electron chi connectivity index (χ1n) is 5.57. The summed E-state index contributed by atoms with van der Waals surface area (Å²) in [5.41, 5.74) is 6.70. The number of nitrogens with two attached hydrogens (primary N) is 1. The van der Waals surface area contributed by atoms with Crippen molar-refractivity contribution in [3.05, 3.63) is 23.8 Å². The molecule has 0 radical (unpaired) electrons. The maximum atomic E-state index is 11.0. The zero-order chi connectivity index (χ0) is 13.8. The van der Waals surface area contributed by atoms with Gasteiger partial charge in [0.05, 0.1) is 12.9 Å². The second kappa shape index (κ2) is 6.06. The monoisotopic (exact) mass is 273 g/mol. The minimum Gasteiger partial charge on any atom is -0.493 e. The fourth-order valence-electron chi connectivity index (χ4n) is 1.39. The van der Waals surface area contributed by atoms with Crippen LogP contribution in [0.5, 0.6) is 11.5 Å². The van der Waals surface area contributed by atoms with Crippen molar-refractivity contribution in [1.29, 1.82) is 0 Å². The molecule has 0 aliphatic heterocycles. The lowest BCUT2D eigenvalue weighted by Gasteiger charge is -2.13. The van der Waals surface area contributed by atoms with E-state index in [1.54, 1.807) is 12.1 Å². The van der Waals surface area contributed by atoms with Crippen LogP contribution < -0.4 is 15.2 Å². The van der Waals surface area contributed by atoms with Crippen LogP contribution >= 0.6 is 0 Å². The molecule has 1 aromatic carbocycles. The van der Waals surface area contributed by atoms with Crippen LogP contribution in [0.1, 0.15) is 18.5 Å². The van der Waals surface area contributed by atoms with E-state index >= 15 is 0 Å². The first-order valence-corrected chi connectivity index (χ1v) is 7.63. The van der Waals surface area contributed by atoms with Gasteiger partial charge >= 0.3 is 0 Å². The molecule has 2 N–H and O–H groups in total. The smallest absolute Gasteiger partial charge is 0.161 e. The Balaban J connectivity index is 2.77. The van der Waals surface area contributed by atoms with Gasteiger partial charge in [-0.3, -0.25) is 0 Å². The molecule has 0 heterocycles. The van der Waals surface area contributed by atoms with Crippen LogP contribution in [0.2, 0.25) is 0 Å². The number of hydrogen-bond acceptors (Lipinski definition) is 5. The molecule has 0 unspecified atom stereocenters. The van der Waals surface area contributed by atoms with Crippen molar-refractivity contribution in [1.82, 2.24) is 0 Å². The van der Waals surface area contributed by atoms with Gasteiger partial charge in [0, 0.05) is 12.3 Å². The van der Waals surface area contributed by atoms with Gasteiger partial charge in [0.1, 0.15) is 6.61 Å². The second-order valence-corrected chi connectivity index (χ2v) is 6.44. The summed E-state index contributed by atoms with van der Waals surface area (Å²) in [4.78, 5) is 0. The molecule has 0 spiro atoms. The molecule has 1 rings (SSSR count). The topological polar surface area (TPSA) is 78.6 Å². The van der Waals surface area contributed by atoms with Crippen LogP contribution in [0.15, 0.2) is 18.2 Å². The second-order valence-electron chi connectivity index (χ2n) is 4.18. The summed E-state index contributed by atoms with van der Waals surface area (Å²) >= 11 is 0. The molecule has 0 saturated carbocycles. The predicted molar refractivity (Wildman–Crippen MR) is 70.8 cm³/mol. The molecule has 0 saturated heterocycles. The van der Waals surface area contributed by atoms with Gasteiger partial charge in [-0.1, -0.05) is 6.07 Å². The lowest BCUT2D eigenvalue weighted by atomic mass is 10.1. The van der Waals surface area contributed by atoms with Crippen LogP contribution in [0.25, 0.3) is 0 Å². The van der Waals surface area contributed by atoms with E-state index in [1.165, 1.54) is 13.4 Å². The van der Waals surface area contributed by atoms with Crippen LogP contribution in [-0.2, 0) is 9.84 Å². The largest absolute Gasteiger partial charge is 0.493 e. The molecule has 0 aliphatic rings. The third-order valence-electron chi connectivity index (χ3n) is 2.43. The predicted octanol–water partition coefficient (Wildman–Crippen LogP) is 1.14. The normalized spacial score (nSPS) is 13.1. The molecule has 5 nitrogen and oxygen atoms in total. The summed E-state index contributed by atoms with van der Waals surface area (Å²) in [6, 6.07) is 5.27. The first-order chi connectivity index (χ1) is 8.33. The molecule has 0 fully saturated rings. The van der Waals surface area contributed by atoms with Gasteiger partial charge in [-0.15, -0.1) is 0 Å². The fourth-order valence-corrected chi connectivity index (χ4v) is 1.78. The standard InChI is InChI=1S/C12H19NO4S/c1-9(13)10-4-5-11(12(8-10)16-2)17-6-7-18(3,14)15/h4-5,8-9H,6-7,13H2,1-3H3/t9-/m1/s1. The number of ether oxygens (including phenoxy) is 2. The van der Waals surface area contributed by atoms with E-state index in [4.69, 9.17) is 15.2 Å². The van der Waals surface area contributed by atoms with Gasteiger partial charge in [0.15, 0.2) is 21.3 Å². The van der Waals surface area contributed by atoms with Crippen LogP contribution in [-0.4, -0.2) is 34.1 Å². The van der Waals surface area contributed by atoms with Gasteiger partial charge < -0.3 is 15.2 Å². The molecule has 18 heavy (non-hydrogen) atoms. The zero-order valence-electron chi connectivity index (χ0n) is 10.8. The van der Waals surface area contributed by atoms with Crippen molar-refractivity contribution in [2.75, 3.05) is 25.7 Å². The fraction of sp³-hybridized carbons (Fsp3) is 0.500. The molecule has 0 amide bonds. The Labute approximate surface area is 108 Å². The van der Waals surface area contributed by atoms with Crippen molar-refractivity contribution in [3.63, 3.8) is 0 Å². The number of benzene rings is 1. The van der Waals surface area contributed by atoms with E-state index in [0.29, 0.717) is 11.5 Å². The van der Waals surface area contributed by atoms with Crippen LogP contribution in [0.4, 0.5) is 0 Å². The average molecular weight is 273 g/mol. The molecule has 1 aromatic rings. The molecule has 0 aromatic heterocycles. The molecule has 0 bridgehead atoms. The Bertz CT molecular complexity index is 497. The quantitative estimate of drug-likeness (QED) is 0.840. The van der Waals surface area contributed by atoms with E-state index in [2.05, 4.69) is 0 Å². The number of rotatable bonds is 6. The van der Waals surface area contributed by atoms with Crippen molar-refractivity contribution in [2.45, 2.75) is 13.0 Å². The Morgan fingerprint density at radius 1 is 1.33 bits per heavy atom. The molecule has 0 aliphatic carbocycles. The zero-order valence-corrected chi connectivity index (χ0v) is 11.7. The maximum Gasteiger partial charge on any atom is 0.161 e. The van der Waals surface area contributed by atoms with E-state index < -0.39 is 9.84 Å². The highest BCUT2D eigenvalue weighted by molar-refractivity contribution is 7.90. The summed E-state index contributed by atoms with van der Waals surface area (Å²) < 4.78 is 32.6. The molecule has 102 valence electrons. The maximum absolute atomic E-state index is 11.0. The Kier molecular flexibility index (Phi) is 4.98. The minimum atomic E-state index is -3.02. The number of sulfone groups is 1. The summed E-state index contributed by atoms with van der Waals surface area (Å²) in [6.07, 6.45) is 1.17. The summed E-state index contributed by atoms with van der Waals surface area (Å²) in [7, 11) is -1.49. The average Bonchev–Trinajstić information content (AvgIpc) is 2.27. The number of hydrogen-bond donors (Lipinski definition) is 1. The number of methoxy groups -OCH3 is 1. The van der Waals surface area contributed by atoms with E-state index in [1.807, 2.05) is 13.0 Å². The lowest BCUT2D eigenvalue weighted by Crippen LogP contribution is -2.12. The Morgan fingerprint density at radius 3 is 2.50 bits per heavy atom. The van der Waals surface area contributed by atoms with Crippen molar-refractivity contribution in [3.8, 4) is 11.5 Å². The Morgan fingerprint density at radius 2 is 2.00 bits per heavy atom. The van der Waals surface area contributed by atoms with Gasteiger partial charge in [-0.2, -0.15) is 0 Å². The highest BCUT2D eigenvalue weighted by Gasteiger charge is 2.09. The van der Waals surface area contributed by atoms with E-state index in [-0.39, 0.29) is 18.4 Å². The van der Waals surface area contributed by atoms with E-state index in [9.17, 15) is 8.42 Å². The van der Waals surface area contributed by atoms with Gasteiger partial charge in [0.2, 0.25) is 0 Å². The lowest BCUT2D eigenvalue weighted by molar-refractivity contribution is 0.311. The van der Waals surface area contributed by atoms with Crippen LogP contribution in [0, 0.1) is 0 Å². The van der Waals surface area contributed by atoms with Crippen molar-refractivity contribution in [2.24, 2.45) is 5.73 Å². The van der Waals surface area contributed by atoms with Gasteiger partial charge in [-0.05, 0) is 24.6 Å². The van der Waals surface area contributed by atoms with E-state index in [0.717, 1.165) is 5.56 Å². The van der Waals surface area contributed by atoms with Gasteiger partial charge in [0.25, 0.3) is 0 Å². The minimum absolute atomic E-state index is 0.0226. The third-order valence-corrected chi connectivity index (χ3v) is 3.33. The molecular formula is C12H19NO4S. The first kappa shape index (κ1) is 14.8. The Hall–Kier alpha value is -1.27. The van der Waals surface area contributed by atoms with Crippen molar-refractivity contribution < 1.29 is 17.9 Å². The summed E-state index contributed by atoms with van der Waals surface area (Å²) in [6.45, 7) is 1.98. The highest BCUT2D eigenvalue weighted by atomic mass is 32.2. The summed E-state index contributed by atoms with van der Waals surface area (Å²) in [5, 5.41) is 0. The summed E-state index contributed by atoms with van der Waals surface area (Å²) in [5.74, 6) is 1.05.